The number of carbonyl (C=O) groups excluding carboxylic acids is 2. The fourth-order valence-electron chi connectivity index (χ4n) is 6.18. The van der Waals surface area contributed by atoms with Crippen LogP contribution in [0.25, 0.3) is 0 Å². The van der Waals surface area contributed by atoms with Crippen molar-refractivity contribution < 1.29 is 27.9 Å². The molecule has 2 N–H and O–H groups in total. The second-order valence-corrected chi connectivity index (χ2v) is 10.3. The zero-order valence-corrected chi connectivity index (χ0v) is 20.2. The minimum Gasteiger partial charge on any atom is -0.393 e. The van der Waals surface area contributed by atoms with Gasteiger partial charge in [0.2, 0.25) is 0 Å². The molecule has 198 valence electrons. The van der Waals surface area contributed by atoms with Crippen LogP contribution in [0.15, 0.2) is 18.3 Å². The first-order chi connectivity index (χ1) is 17.2. The van der Waals surface area contributed by atoms with Crippen molar-refractivity contribution in [2.45, 2.75) is 68.9 Å². The van der Waals surface area contributed by atoms with E-state index >= 15 is 0 Å². The molecule has 5 heterocycles. The molecule has 0 aromatic carbocycles. The number of rotatable bonds is 2. The first-order valence-electron chi connectivity index (χ1n) is 12.8. The topological polar surface area (TPSA) is 92.2 Å². The number of nitrogens with zero attached hydrogens (tertiary/aromatic N) is 5. The zero-order valence-electron chi connectivity index (χ0n) is 20.2. The summed E-state index contributed by atoms with van der Waals surface area (Å²) in [6, 6.07) is 2.05. The van der Waals surface area contributed by atoms with Gasteiger partial charge in [-0.15, -0.1) is 0 Å². The number of alkyl halides is 3. The largest absolute Gasteiger partial charge is 0.419 e. The van der Waals surface area contributed by atoms with Gasteiger partial charge in [-0.05, 0) is 50.7 Å². The monoisotopic (exact) mass is 510 g/mol. The Bertz CT molecular complexity index is 957. The number of hydrogen-bond acceptors (Lipinski definition) is 5. The number of aliphatic hydroxyl groups excluding tert-OH is 1. The Labute approximate surface area is 208 Å². The number of halogens is 3. The molecular weight excluding hydrogens is 477 g/mol. The lowest BCUT2D eigenvalue weighted by Gasteiger charge is -2.42. The molecule has 4 aliphatic heterocycles. The number of carbonyl (C=O) groups is 2. The number of hydrogen-bond donors (Lipinski definition) is 2. The van der Waals surface area contributed by atoms with Crippen molar-refractivity contribution in [1.82, 2.24) is 25.0 Å². The van der Waals surface area contributed by atoms with Crippen molar-refractivity contribution in [2.24, 2.45) is 0 Å². The van der Waals surface area contributed by atoms with E-state index in [-0.39, 0.29) is 55.2 Å². The molecule has 12 heteroatoms. The van der Waals surface area contributed by atoms with Gasteiger partial charge in [-0.2, -0.15) is 13.2 Å². The Morgan fingerprint density at radius 3 is 2.36 bits per heavy atom. The smallest absolute Gasteiger partial charge is 0.393 e. The van der Waals surface area contributed by atoms with E-state index in [0.29, 0.717) is 39.0 Å². The molecule has 2 bridgehead atoms. The van der Waals surface area contributed by atoms with Crippen molar-refractivity contribution in [3.63, 3.8) is 0 Å². The average molecular weight is 511 g/mol. The molecule has 4 amide bonds. The zero-order chi connectivity index (χ0) is 25.4. The fourth-order valence-corrected chi connectivity index (χ4v) is 6.18. The molecule has 1 aromatic rings. The molecule has 0 saturated carbocycles. The number of piperidine rings is 2. The van der Waals surface area contributed by atoms with Crippen LogP contribution in [0.5, 0.6) is 0 Å². The predicted octanol–water partition coefficient (Wildman–Crippen LogP) is 2.50. The summed E-state index contributed by atoms with van der Waals surface area (Å²) in [6.07, 6.45) is 1.15. The van der Waals surface area contributed by atoms with E-state index in [0.717, 1.165) is 31.7 Å². The second-order valence-electron chi connectivity index (χ2n) is 10.3. The number of anilines is 1. The molecule has 1 unspecified atom stereocenters. The summed E-state index contributed by atoms with van der Waals surface area (Å²) < 4.78 is 40.1. The number of aromatic nitrogens is 1. The predicted molar refractivity (Wildman–Crippen MR) is 125 cm³/mol. The Kier molecular flexibility index (Phi) is 6.88. The van der Waals surface area contributed by atoms with Crippen LogP contribution in [0.2, 0.25) is 0 Å². The van der Waals surface area contributed by atoms with E-state index in [2.05, 4.69) is 10.3 Å². The molecule has 1 aromatic heterocycles. The maximum atomic E-state index is 13.4. The molecule has 4 saturated heterocycles. The fraction of sp³-hybridized carbons (Fsp3) is 0.708. The number of nitrogens with one attached hydrogen (secondary N) is 1. The summed E-state index contributed by atoms with van der Waals surface area (Å²) in [7, 11) is 0. The van der Waals surface area contributed by atoms with Gasteiger partial charge in [0.05, 0.1) is 11.7 Å². The van der Waals surface area contributed by atoms with Crippen LogP contribution in [0, 0.1) is 0 Å². The Hall–Kier alpha value is -2.76. The number of pyridine rings is 1. The molecule has 0 aliphatic carbocycles. The first kappa shape index (κ1) is 24.9. The lowest BCUT2D eigenvalue weighted by atomic mass is 10.0. The number of likely N-dealkylation sites (tertiary alicyclic amines) is 1. The van der Waals surface area contributed by atoms with Gasteiger partial charge in [-0.25, -0.2) is 14.6 Å². The van der Waals surface area contributed by atoms with Crippen LogP contribution >= 0.6 is 0 Å². The number of amides is 4. The summed E-state index contributed by atoms with van der Waals surface area (Å²) in [4.78, 5) is 37.0. The van der Waals surface area contributed by atoms with E-state index in [1.165, 1.54) is 12.3 Å². The highest BCUT2D eigenvalue weighted by Gasteiger charge is 2.43. The van der Waals surface area contributed by atoms with Crippen LogP contribution in [0.3, 0.4) is 0 Å². The highest BCUT2D eigenvalue weighted by atomic mass is 19.4. The number of piperazine rings is 1. The minimum atomic E-state index is -4.49. The van der Waals surface area contributed by atoms with Gasteiger partial charge >= 0.3 is 18.2 Å². The van der Waals surface area contributed by atoms with E-state index in [4.69, 9.17) is 0 Å². The average Bonchev–Trinajstić information content (AvgIpc) is 3.14. The standard InChI is InChI=1S/C24H33F3N6O3/c25-24(26,27)20-4-1-7-28-21(20)30-9-11-31(12-10-30)23(36)32-8-2-3-16(15-32)29-22(35)33-17-5-6-18(33)14-19(34)13-17/h1,4,7,16-19,34H,2-3,5-6,8-15H2,(H,29,35)/t16-,17-,18+,19?/m0/s1. The SMILES string of the molecule is O=C(N1CCN(c2ncccc2C(F)(F)F)CC1)N1CCC[C@H](NC(=O)N2[C@@H]3CC[C@H]2CC(O)C3)C1. The normalized spacial score (nSPS) is 28.9. The summed E-state index contributed by atoms with van der Waals surface area (Å²) >= 11 is 0. The first-order valence-corrected chi connectivity index (χ1v) is 12.8. The number of fused-ring (bicyclic) bond motifs is 2. The van der Waals surface area contributed by atoms with E-state index in [9.17, 15) is 27.9 Å². The molecule has 4 atom stereocenters. The van der Waals surface area contributed by atoms with Crippen LogP contribution < -0.4 is 10.2 Å². The molecule has 4 aliphatic rings. The maximum Gasteiger partial charge on any atom is 0.419 e. The van der Waals surface area contributed by atoms with Crippen LogP contribution in [0.4, 0.5) is 28.6 Å². The number of aliphatic hydroxyl groups is 1. The highest BCUT2D eigenvalue weighted by molar-refractivity contribution is 5.77. The molecule has 4 fully saturated rings. The van der Waals surface area contributed by atoms with Gasteiger partial charge in [-0.3, -0.25) is 0 Å². The third-order valence-corrected chi connectivity index (χ3v) is 7.90. The lowest BCUT2D eigenvalue weighted by molar-refractivity contribution is -0.137. The van der Waals surface area contributed by atoms with Crippen LogP contribution in [-0.4, -0.2) is 100 Å². The molecule has 9 nitrogen and oxygen atoms in total. The van der Waals surface area contributed by atoms with E-state index in [1.807, 2.05) is 4.90 Å². The van der Waals surface area contributed by atoms with E-state index in [1.54, 1.807) is 14.7 Å². The van der Waals surface area contributed by atoms with E-state index < -0.39 is 11.7 Å². The molecule has 5 rings (SSSR count). The maximum absolute atomic E-state index is 13.4. The Morgan fingerprint density at radius 2 is 1.69 bits per heavy atom. The molecule has 0 spiro atoms. The van der Waals surface area contributed by atoms with Crippen molar-refractivity contribution in [3.05, 3.63) is 23.9 Å². The summed E-state index contributed by atoms with van der Waals surface area (Å²) in [5.74, 6) is -0.1000. The second kappa shape index (κ2) is 9.95. The summed E-state index contributed by atoms with van der Waals surface area (Å²) in [5, 5.41) is 13.1. The number of urea groups is 2. The third kappa shape index (κ3) is 5.05. The minimum absolute atomic E-state index is 0.0772. The molecule has 0 radical (unpaired) electrons. The van der Waals surface area contributed by atoms with Gasteiger partial charge in [0.25, 0.3) is 0 Å². The van der Waals surface area contributed by atoms with Gasteiger partial charge < -0.3 is 30.0 Å². The third-order valence-electron chi connectivity index (χ3n) is 7.90. The molecular formula is C24H33F3N6O3. The van der Waals surface area contributed by atoms with Crippen molar-refractivity contribution in [2.75, 3.05) is 44.2 Å². The Morgan fingerprint density at radius 1 is 1.00 bits per heavy atom. The van der Waals surface area contributed by atoms with Crippen molar-refractivity contribution in [1.29, 1.82) is 0 Å². The van der Waals surface area contributed by atoms with Crippen LogP contribution in [-0.2, 0) is 6.18 Å². The quantitative estimate of drug-likeness (QED) is 0.638. The summed E-state index contributed by atoms with van der Waals surface area (Å²) in [6.45, 7) is 2.15. The lowest BCUT2D eigenvalue weighted by Crippen LogP contribution is -2.59. The van der Waals surface area contributed by atoms with Crippen LogP contribution in [0.1, 0.15) is 44.1 Å². The van der Waals surface area contributed by atoms with Crippen molar-refractivity contribution in [3.8, 4) is 0 Å². The van der Waals surface area contributed by atoms with Gasteiger partial charge in [-0.1, -0.05) is 0 Å². The molecule has 36 heavy (non-hydrogen) atoms. The van der Waals surface area contributed by atoms with Gasteiger partial charge in [0, 0.05) is 63.6 Å². The van der Waals surface area contributed by atoms with Gasteiger partial charge in [0.15, 0.2) is 0 Å². The van der Waals surface area contributed by atoms with Gasteiger partial charge in [0.1, 0.15) is 5.82 Å². The van der Waals surface area contributed by atoms with Crippen molar-refractivity contribution >= 4 is 17.9 Å². The summed E-state index contributed by atoms with van der Waals surface area (Å²) in [5.41, 5.74) is -0.768. The highest BCUT2D eigenvalue weighted by Crippen LogP contribution is 2.36. The Balaban J connectivity index is 1.15.